The fourth-order valence-electron chi connectivity index (χ4n) is 3.86. The molecule has 0 fully saturated rings. The van der Waals surface area contributed by atoms with Crippen LogP contribution in [0.1, 0.15) is 33.0 Å². The van der Waals surface area contributed by atoms with Crippen LogP contribution >= 0.6 is 0 Å². The van der Waals surface area contributed by atoms with E-state index in [4.69, 9.17) is 9.47 Å². The van der Waals surface area contributed by atoms with Crippen LogP contribution in [0.3, 0.4) is 0 Å². The Morgan fingerprint density at radius 3 is 1.97 bits per heavy atom. The zero-order valence-electron chi connectivity index (χ0n) is 21.2. The van der Waals surface area contributed by atoms with Gasteiger partial charge in [0, 0.05) is 0 Å². The summed E-state index contributed by atoms with van der Waals surface area (Å²) >= 11 is 0. The second kappa shape index (κ2) is 13.3. The Hall–Kier alpha value is -5.24. The summed E-state index contributed by atoms with van der Waals surface area (Å²) in [6, 6.07) is 32.2. The number of nitrogens with zero attached hydrogens (tertiary/aromatic N) is 1. The standard InChI is InChI=1S/C31H27N3O5/c1-38-27-19-22(17-18-26(27)39-31(37)25-15-9-4-10-16-25)20-33-34-28(35)21-32-30(36)29(23-11-5-2-6-12-23)24-13-7-3-8-14-24/h2-20,29H,21H2,1H3,(H,32,36)(H,34,35)/b33-20-. The van der Waals surface area contributed by atoms with E-state index in [-0.39, 0.29) is 18.2 Å². The molecule has 0 unspecified atom stereocenters. The number of carbonyl (C=O) groups is 3. The number of benzene rings is 4. The van der Waals surface area contributed by atoms with Crippen LogP contribution in [-0.4, -0.2) is 37.7 Å². The van der Waals surface area contributed by atoms with Crippen LogP contribution in [0.5, 0.6) is 11.5 Å². The van der Waals surface area contributed by atoms with Gasteiger partial charge in [-0.25, -0.2) is 10.2 Å². The summed E-state index contributed by atoms with van der Waals surface area (Å²) in [5.74, 6) is -1.26. The summed E-state index contributed by atoms with van der Waals surface area (Å²) in [7, 11) is 1.46. The van der Waals surface area contributed by atoms with Crippen molar-refractivity contribution in [3.05, 3.63) is 131 Å². The first-order valence-electron chi connectivity index (χ1n) is 12.2. The number of hydrazone groups is 1. The third-order valence-corrected chi connectivity index (χ3v) is 5.75. The number of rotatable bonds is 10. The number of ether oxygens (including phenoxy) is 2. The molecule has 0 radical (unpaired) electrons. The molecule has 0 spiro atoms. The molecule has 0 saturated carbocycles. The zero-order valence-corrected chi connectivity index (χ0v) is 21.2. The number of methoxy groups -OCH3 is 1. The molecule has 4 aromatic rings. The molecule has 0 bridgehead atoms. The number of carbonyl (C=O) groups excluding carboxylic acids is 3. The number of amides is 2. The average Bonchev–Trinajstić information content (AvgIpc) is 2.98. The molecule has 0 aliphatic heterocycles. The van der Waals surface area contributed by atoms with Crippen LogP contribution in [0.15, 0.2) is 114 Å². The van der Waals surface area contributed by atoms with Gasteiger partial charge in [-0.05, 0) is 47.0 Å². The first kappa shape index (κ1) is 26.8. The Balaban J connectivity index is 1.33. The van der Waals surface area contributed by atoms with Gasteiger partial charge in [0.15, 0.2) is 11.5 Å². The number of hydrogen-bond acceptors (Lipinski definition) is 6. The molecule has 0 atom stereocenters. The number of hydrogen-bond donors (Lipinski definition) is 2. The third kappa shape index (κ3) is 7.39. The van der Waals surface area contributed by atoms with Gasteiger partial charge in [-0.15, -0.1) is 0 Å². The average molecular weight is 522 g/mol. The lowest BCUT2D eigenvalue weighted by atomic mass is 9.90. The van der Waals surface area contributed by atoms with Crippen LogP contribution in [-0.2, 0) is 9.59 Å². The summed E-state index contributed by atoms with van der Waals surface area (Å²) in [4.78, 5) is 37.7. The van der Waals surface area contributed by atoms with Gasteiger partial charge in [-0.3, -0.25) is 9.59 Å². The normalized spacial score (nSPS) is 10.7. The van der Waals surface area contributed by atoms with Crippen molar-refractivity contribution in [1.29, 1.82) is 0 Å². The topological polar surface area (TPSA) is 106 Å². The Kier molecular flexibility index (Phi) is 9.18. The minimum atomic E-state index is -0.550. The largest absolute Gasteiger partial charge is 0.493 e. The van der Waals surface area contributed by atoms with Crippen molar-refractivity contribution in [1.82, 2.24) is 10.7 Å². The minimum absolute atomic E-state index is 0.246. The zero-order chi connectivity index (χ0) is 27.5. The maximum Gasteiger partial charge on any atom is 0.343 e. The van der Waals surface area contributed by atoms with E-state index in [1.54, 1.807) is 42.5 Å². The summed E-state index contributed by atoms with van der Waals surface area (Å²) in [6.45, 7) is -0.246. The highest BCUT2D eigenvalue weighted by Gasteiger charge is 2.22. The van der Waals surface area contributed by atoms with Gasteiger partial charge in [-0.2, -0.15) is 5.10 Å². The van der Waals surface area contributed by atoms with E-state index >= 15 is 0 Å². The Morgan fingerprint density at radius 2 is 1.38 bits per heavy atom. The van der Waals surface area contributed by atoms with E-state index in [0.29, 0.717) is 16.9 Å². The number of esters is 1. The van der Waals surface area contributed by atoms with Gasteiger partial charge < -0.3 is 14.8 Å². The van der Waals surface area contributed by atoms with Gasteiger partial charge in [0.1, 0.15) is 0 Å². The minimum Gasteiger partial charge on any atom is -0.493 e. The second-order valence-corrected chi connectivity index (χ2v) is 8.43. The Morgan fingerprint density at radius 1 is 0.795 bits per heavy atom. The van der Waals surface area contributed by atoms with Crippen LogP contribution in [0.4, 0.5) is 0 Å². The van der Waals surface area contributed by atoms with Crippen molar-refractivity contribution in [3.63, 3.8) is 0 Å². The lowest BCUT2D eigenvalue weighted by Crippen LogP contribution is -2.37. The van der Waals surface area contributed by atoms with E-state index in [9.17, 15) is 14.4 Å². The SMILES string of the molecule is COc1cc(/C=N\NC(=O)CNC(=O)C(c2ccccc2)c2ccccc2)ccc1OC(=O)c1ccccc1. The summed E-state index contributed by atoms with van der Waals surface area (Å²) < 4.78 is 10.8. The van der Waals surface area contributed by atoms with E-state index in [1.165, 1.54) is 13.3 Å². The molecular formula is C31H27N3O5. The Labute approximate surface area is 226 Å². The molecule has 2 amide bonds. The summed E-state index contributed by atoms with van der Waals surface area (Å²) in [5.41, 5.74) is 5.07. The molecule has 4 aromatic carbocycles. The molecule has 39 heavy (non-hydrogen) atoms. The first-order valence-corrected chi connectivity index (χ1v) is 12.2. The van der Waals surface area contributed by atoms with Gasteiger partial charge in [0.25, 0.3) is 5.91 Å². The van der Waals surface area contributed by atoms with Crippen LogP contribution in [0, 0.1) is 0 Å². The summed E-state index contributed by atoms with van der Waals surface area (Å²) in [5, 5.41) is 6.65. The van der Waals surface area contributed by atoms with Crippen LogP contribution < -0.4 is 20.2 Å². The number of nitrogens with one attached hydrogen (secondary N) is 2. The highest BCUT2D eigenvalue weighted by Crippen LogP contribution is 2.28. The van der Waals surface area contributed by atoms with Crippen molar-refractivity contribution in [2.45, 2.75) is 5.92 Å². The first-order chi connectivity index (χ1) is 19.0. The maximum absolute atomic E-state index is 13.0. The van der Waals surface area contributed by atoms with Crippen molar-refractivity contribution in [2.75, 3.05) is 13.7 Å². The second-order valence-electron chi connectivity index (χ2n) is 8.43. The lowest BCUT2D eigenvalue weighted by Gasteiger charge is -2.17. The molecule has 196 valence electrons. The molecule has 0 saturated heterocycles. The lowest BCUT2D eigenvalue weighted by molar-refractivity contribution is -0.126. The van der Waals surface area contributed by atoms with E-state index in [0.717, 1.165) is 11.1 Å². The van der Waals surface area contributed by atoms with Crippen LogP contribution in [0.2, 0.25) is 0 Å². The van der Waals surface area contributed by atoms with E-state index < -0.39 is 17.8 Å². The third-order valence-electron chi connectivity index (χ3n) is 5.75. The maximum atomic E-state index is 13.0. The van der Waals surface area contributed by atoms with Crippen molar-refractivity contribution < 1.29 is 23.9 Å². The van der Waals surface area contributed by atoms with Crippen LogP contribution in [0.25, 0.3) is 0 Å². The molecule has 0 aliphatic rings. The quantitative estimate of drug-likeness (QED) is 0.140. The molecule has 2 N–H and O–H groups in total. The molecule has 8 heteroatoms. The van der Waals surface area contributed by atoms with Gasteiger partial charge in [0.2, 0.25) is 5.91 Å². The highest BCUT2D eigenvalue weighted by molar-refractivity contribution is 5.92. The van der Waals surface area contributed by atoms with Gasteiger partial charge >= 0.3 is 5.97 Å². The van der Waals surface area contributed by atoms with E-state index in [1.807, 2.05) is 66.7 Å². The van der Waals surface area contributed by atoms with Crippen molar-refractivity contribution in [2.24, 2.45) is 5.10 Å². The van der Waals surface area contributed by atoms with Crippen molar-refractivity contribution in [3.8, 4) is 11.5 Å². The fraction of sp³-hybridized carbons (Fsp3) is 0.0968. The van der Waals surface area contributed by atoms with Gasteiger partial charge in [0.05, 0.1) is 31.4 Å². The Bertz CT molecular complexity index is 1400. The predicted molar refractivity (Wildman–Crippen MR) is 148 cm³/mol. The molecule has 8 nitrogen and oxygen atoms in total. The van der Waals surface area contributed by atoms with E-state index in [2.05, 4.69) is 15.8 Å². The molecule has 0 aromatic heterocycles. The van der Waals surface area contributed by atoms with Gasteiger partial charge in [-0.1, -0.05) is 78.9 Å². The fourth-order valence-corrected chi connectivity index (χ4v) is 3.86. The highest BCUT2D eigenvalue weighted by atomic mass is 16.6. The molecule has 0 heterocycles. The van der Waals surface area contributed by atoms with Crippen molar-refractivity contribution >= 4 is 24.0 Å². The molecular weight excluding hydrogens is 494 g/mol. The molecule has 4 rings (SSSR count). The summed E-state index contributed by atoms with van der Waals surface area (Å²) in [6.07, 6.45) is 1.42. The smallest absolute Gasteiger partial charge is 0.343 e. The molecule has 0 aliphatic carbocycles. The predicted octanol–water partition coefficient (Wildman–Crippen LogP) is 4.31. The monoisotopic (exact) mass is 521 g/mol.